The Morgan fingerprint density at radius 3 is 2.55 bits per heavy atom. The molecule has 11 heavy (non-hydrogen) atoms. The molecule has 0 spiro atoms. The van der Waals surface area contributed by atoms with Crippen LogP contribution in [-0.2, 0) is 4.74 Å². The fourth-order valence-corrected chi connectivity index (χ4v) is 1.10. The van der Waals surface area contributed by atoms with Crippen LogP contribution in [0.15, 0.2) is 30.3 Å². The van der Waals surface area contributed by atoms with Crippen LogP contribution < -0.4 is 0 Å². The first-order valence-electron chi connectivity index (χ1n) is 3.72. The molecule has 0 aliphatic carbocycles. The van der Waals surface area contributed by atoms with E-state index in [1.807, 2.05) is 30.3 Å². The van der Waals surface area contributed by atoms with Gasteiger partial charge >= 0.3 is 0 Å². The van der Waals surface area contributed by atoms with Crippen molar-refractivity contribution in [2.24, 2.45) is 0 Å². The average molecular weight is 150 g/mol. The molecule has 1 aliphatic rings. The van der Waals surface area contributed by atoms with Crippen molar-refractivity contribution in [2.45, 2.75) is 12.2 Å². The molecule has 1 aliphatic heterocycles. The lowest BCUT2D eigenvalue weighted by atomic mass is 10.1. The van der Waals surface area contributed by atoms with Gasteiger partial charge in [-0.1, -0.05) is 30.3 Å². The van der Waals surface area contributed by atoms with Gasteiger partial charge in [0.2, 0.25) is 0 Å². The molecule has 0 radical (unpaired) electrons. The molecule has 58 valence electrons. The zero-order chi connectivity index (χ0) is 7.68. The molecule has 1 aromatic carbocycles. The second-order valence-electron chi connectivity index (χ2n) is 2.73. The number of hydrogen-bond donors (Lipinski definition) is 1. The van der Waals surface area contributed by atoms with Gasteiger partial charge in [-0.05, 0) is 5.56 Å². The van der Waals surface area contributed by atoms with Crippen molar-refractivity contribution in [2.75, 3.05) is 6.61 Å². The lowest BCUT2D eigenvalue weighted by Crippen LogP contribution is -2.03. The molecule has 2 heteroatoms. The Hall–Kier alpha value is -0.860. The molecule has 1 N–H and O–H groups in total. The van der Waals surface area contributed by atoms with E-state index in [9.17, 15) is 5.11 Å². The van der Waals surface area contributed by atoms with Gasteiger partial charge in [-0.25, -0.2) is 0 Å². The van der Waals surface area contributed by atoms with Crippen LogP contribution in [0.25, 0.3) is 0 Å². The van der Waals surface area contributed by atoms with Crippen molar-refractivity contribution in [1.29, 1.82) is 0 Å². The maximum Gasteiger partial charge on any atom is 0.111 e. The molecule has 0 bridgehead atoms. The second kappa shape index (κ2) is 2.64. The van der Waals surface area contributed by atoms with Crippen LogP contribution in [0.5, 0.6) is 0 Å². The largest absolute Gasteiger partial charge is 0.386 e. The Morgan fingerprint density at radius 1 is 1.36 bits per heavy atom. The van der Waals surface area contributed by atoms with E-state index in [2.05, 4.69) is 0 Å². The van der Waals surface area contributed by atoms with Crippen LogP contribution in [0.4, 0.5) is 0 Å². The van der Waals surface area contributed by atoms with Crippen LogP contribution in [0.1, 0.15) is 11.7 Å². The van der Waals surface area contributed by atoms with Crippen LogP contribution in [-0.4, -0.2) is 17.8 Å². The van der Waals surface area contributed by atoms with Gasteiger partial charge in [0.15, 0.2) is 0 Å². The molecule has 1 aromatic rings. The third-order valence-electron chi connectivity index (χ3n) is 1.85. The van der Waals surface area contributed by atoms with Crippen LogP contribution >= 0.6 is 0 Å². The number of aliphatic hydroxyl groups is 1. The van der Waals surface area contributed by atoms with Crippen LogP contribution in [0.3, 0.4) is 0 Å². The van der Waals surface area contributed by atoms with Gasteiger partial charge in [0.05, 0.1) is 6.61 Å². The third-order valence-corrected chi connectivity index (χ3v) is 1.85. The lowest BCUT2D eigenvalue weighted by Gasteiger charge is -2.05. The molecule has 1 fully saturated rings. The van der Waals surface area contributed by atoms with Crippen molar-refractivity contribution < 1.29 is 9.84 Å². The van der Waals surface area contributed by atoms with E-state index in [0.29, 0.717) is 6.61 Å². The quantitative estimate of drug-likeness (QED) is 0.641. The molecule has 1 saturated heterocycles. The molecule has 0 aromatic heterocycles. The monoisotopic (exact) mass is 150 g/mol. The summed E-state index contributed by atoms with van der Waals surface area (Å²) in [4.78, 5) is 0. The minimum Gasteiger partial charge on any atom is -0.386 e. The standard InChI is InChI=1S/C9H10O2/c10-9(8-6-11-8)7-4-2-1-3-5-7/h1-5,8-10H,6H2/t8-,9+/m0/s1. The maximum absolute atomic E-state index is 9.54. The van der Waals surface area contributed by atoms with Gasteiger partial charge in [-0.3, -0.25) is 0 Å². The Bertz CT molecular complexity index is 229. The minimum atomic E-state index is -0.434. The van der Waals surface area contributed by atoms with Gasteiger partial charge in [-0.2, -0.15) is 0 Å². The number of ether oxygens (including phenoxy) is 1. The van der Waals surface area contributed by atoms with Crippen molar-refractivity contribution in [3.63, 3.8) is 0 Å². The molecule has 0 amide bonds. The average Bonchev–Trinajstić information content (AvgIpc) is 2.87. The van der Waals surface area contributed by atoms with Crippen molar-refractivity contribution in [3.05, 3.63) is 35.9 Å². The highest BCUT2D eigenvalue weighted by atomic mass is 16.6. The highest BCUT2D eigenvalue weighted by molar-refractivity contribution is 5.19. The Balaban J connectivity index is 2.15. The minimum absolute atomic E-state index is 0.0393. The van der Waals surface area contributed by atoms with Crippen LogP contribution in [0.2, 0.25) is 0 Å². The molecule has 1 heterocycles. The maximum atomic E-state index is 9.54. The summed E-state index contributed by atoms with van der Waals surface area (Å²) in [5.74, 6) is 0. The van der Waals surface area contributed by atoms with Gasteiger partial charge in [0, 0.05) is 0 Å². The summed E-state index contributed by atoms with van der Waals surface area (Å²) in [6.07, 6.45) is -0.395. The van der Waals surface area contributed by atoms with E-state index in [4.69, 9.17) is 4.74 Å². The first kappa shape index (κ1) is 6.83. The van der Waals surface area contributed by atoms with E-state index in [1.165, 1.54) is 0 Å². The fraction of sp³-hybridized carbons (Fsp3) is 0.333. The van der Waals surface area contributed by atoms with Gasteiger partial charge in [0.1, 0.15) is 12.2 Å². The predicted octanol–water partition coefficient (Wildman–Crippen LogP) is 1.12. The summed E-state index contributed by atoms with van der Waals surface area (Å²) in [5.41, 5.74) is 0.940. The molecular weight excluding hydrogens is 140 g/mol. The van der Waals surface area contributed by atoms with Gasteiger partial charge in [-0.15, -0.1) is 0 Å². The highest BCUT2D eigenvalue weighted by Gasteiger charge is 2.31. The second-order valence-corrected chi connectivity index (χ2v) is 2.73. The van der Waals surface area contributed by atoms with Crippen molar-refractivity contribution in [1.82, 2.24) is 0 Å². The first-order chi connectivity index (χ1) is 5.38. The molecule has 0 saturated carbocycles. The van der Waals surface area contributed by atoms with E-state index in [1.54, 1.807) is 0 Å². The Labute approximate surface area is 65.4 Å². The SMILES string of the molecule is O[C@H](c1ccccc1)[C@@H]1CO1. The number of benzene rings is 1. The Kier molecular flexibility index (Phi) is 1.64. The van der Waals surface area contributed by atoms with E-state index < -0.39 is 6.10 Å². The summed E-state index contributed by atoms with van der Waals surface area (Å²) < 4.78 is 4.97. The van der Waals surface area contributed by atoms with E-state index in [-0.39, 0.29) is 6.10 Å². The fourth-order valence-electron chi connectivity index (χ4n) is 1.10. The van der Waals surface area contributed by atoms with Crippen LogP contribution in [0, 0.1) is 0 Å². The summed E-state index contributed by atoms with van der Waals surface area (Å²) in [6, 6.07) is 9.59. The van der Waals surface area contributed by atoms with Gasteiger partial charge in [0.25, 0.3) is 0 Å². The van der Waals surface area contributed by atoms with Crippen molar-refractivity contribution in [3.8, 4) is 0 Å². The molecule has 2 atom stereocenters. The number of epoxide rings is 1. The number of hydrogen-bond acceptors (Lipinski definition) is 2. The van der Waals surface area contributed by atoms with E-state index >= 15 is 0 Å². The lowest BCUT2D eigenvalue weighted by molar-refractivity contribution is 0.137. The smallest absolute Gasteiger partial charge is 0.111 e. The normalized spacial score (nSPS) is 24.6. The zero-order valence-corrected chi connectivity index (χ0v) is 6.10. The molecule has 2 rings (SSSR count). The molecule has 2 nitrogen and oxygen atoms in total. The van der Waals surface area contributed by atoms with E-state index in [0.717, 1.165) is 5.56 Å². The topological polar surface area (TPSA) is 32.8 Å². The van der Waals surface area contributed by atoms with Gasteiger partial charge < -0.3 is 9.84 Å². The number of aliphatic hydroxyl groups excluding tert-OH is 1. The predicted molar refractivity (Wildman–Crippen MR) is 41.1 cm³/mol. The summed E-state index contributed by atoms with van der Waals surface area (Å²) in [7, 11) is 0. The molecular formula is C9H10O2. The number of rotatable bonds is 2. The third kappa shape index (κ3) is 1.42. The first-order valence-corrected chi connectivity index (χ1v) is 3.72. The zero-order valence-electron chi connectivity index (χ0n) is 6.10. The highest BCUT2D eigenvalue weighted by Crippen LogP contribution is 2.26. The molecule has 0 unspecified atom stereocenters. The Morgan fingerprint density at radius 2 is 2.00 bits per heavy atom. The summed E-state index contributed by atoms with van der Waals surface area (Å²) in [6.45, 7) is 0.691. The summed E-state index contributed by atoms with van der Waals surface area (Å²) >= 11 is 0. The summed E-state index contributed by atoms with van der Waals surface area (Å²) in [5, 5.41) is 9.54. The van der Waals surface area contributed by atoms with Crippen molar-refractivity contribution >= 4 is 0 Å².